The first-order valence-electron chi connectivity index (χ1n) is 6.39. The van der Waals surface area contributed by atoms with Gasteiger partial charge in [0.1, 0.15) is 5.82 Å². The molecule has 3 nitrogen and oxygen atoms in total. The van der Waals surface area contributed by atoms with E-state index < -0.39 is 0 Å². The molecule has 19 heavy (non-hydrogen) atoms. The minimum absolute atomic E-state index is 0.144. The number of anilines is 1. The Morgan fingerprint density at radius 3 is 2.74 bits per heavy atom. The zero-order valence-electron chi connectivity index (χ0n) is 10.9. The lowest BCUT2D eigenvalue weighted by atomic mass is 9.99. The topological polar surface area (TPSA) is 50.9 Å². The van der Waals surface area contributed by atoms with Crippen molar-refractivity contribution in [3.63, 3.8) is 0 Å². The van der Waals surface area contributed by atoms with E-state index in [4.69, 9.17) is 17.3 Å². The molecule has 0 aliphatic heterocycles. The van der Waals surface area contributed by atoms with E-state index in [2.05, 4.69) is 17.2 Å². The summed E-state index contributed by atoms with van der Waals surface area (Å²) in [6.45, 7) is 2.95. The highest BCUT2D eigenvalue weighted by Crippen LogP contribution is 2.26. The summed E-state index contributed by atoms with van der Waals surface area (Å²) >= 11 is 6.27. The third kappa shape index (κ3) is 3.46. The Balaban J connectivity index is 2.27. The van der Waals surface area contributed by atoms with E-state index in [0.717, 1.165) is 29.1 Å². The van der Waals surface area contributed by atoms with Gasteiger partial charge in [-0.2, -0.15) is 0 Å². The normalized spacial score (nSPS) is 12.3. The van der Waals surface area contributed by atoms with Gasteiger partial charge in [0.05, 0.1) is 0 Å². The number of hydrogen-bond acceptors (Lipinski definition) is 3. The number of nitrogens with two attached hydrogens (primary N) is 1. The number of rotatable bonds is 5. The van der Waals surface area contributed by atoms with Crippen molar-refractivity contribution in [1.82, 2.24) is 10.3 Å². The lowest BCUT2D eigenvalue weighted by molar-refractivity contribution is 0.550. The maximum Gasteiger partial charge on any atom is 0.126 e. The smallest absolute Gasteiger partial charge is 0.126 e. The number of halogens is 1. The van der Waals surface area contributed by atoms with E-state index in [0.29, 0.717) is 5.82 Å². The van der Waals surface area contributed by atoms with Crippen LogP contribution in [0.3, 0.4) is 0 Å². The lowest BCUT2D eigenvalue weighted by Gasteiger charge is -2.20. The van der Waals surface area contributed by atoms with Crippen molar-refractivity contribution in [1.29, 1.82) is 0 Å². The van der Waals surface area contributed by atoms with E-state index in [1.165, 1.54) is 0 Å². The fourth-order valence-electron chi connectivity index (χ4n) is 2.14. The molecule has 3 N–H and O–H groups in total. The van der Waals surface area contributed by atoms with Crippen LogP contribution in [0, 0.1) is 0 Å². The minimum atomic E-state index is 0.144. The molecule has 0 spiro atoms. The molecule has 1 unspecified atom stereocenters. The Hall–Kier alpha value is -1.58. The van der Waals surface area contributed by atoms with Crippen LogP contribution < -0.4 is 11.1 Å². The molecular formula is C15H18ClN3. The summed E-state index contributed by atoms with van der Waals surface area (Å²) in [6.07, 6.45) is 2.48. The second kappa shape index (κ2) is 6.55. The summed E-state index contributed by atoms with van der Waals surface area (Å²) in [6, 6.07) is 11.9. The minimum Gasteiger partial charge on any atom is -0.383 e. The van der Waals surface area contributed by atoms with E-state index in [1.54, 1.807) is 6.20 Å². The number of aromatic nitrogens is 1. The van der Waals surface area contributed by atoms with Gasteiger partial charge in [0, 0.05) is 17.3 Å². The summed E-state index contributed by atoms with van der Waals surface area (Å²) in [5.74, 6) is 0.581. The van der Waals surface area contributed by atoms with Crippen molar-refractivity contribution in [2.45, 2.75) is 19.4 Å². The zero-order chi connectivity index (χ0) is 13.7. The van der Waals surface area contributed by atoms with Crippen molar-refractivity contribution in [3.05, 3.63) is 58.7 Å². The van der Waals surface area contributed by atoms with Crippen LogP contribution in [0.2, 0.25) is 5.02 Å². The van der Waals surface area contributed by atoms with Crippen molar-refractivity contribution < 1.29 is 0 Å². The molecule has 0 aliphatic carbocycles. The van der Waals surface area contributed by atoms with Gasteiger partial charge in [-0.25, -0.2) is 4.98 Å². The molecule has 1 heterocycles. The van der Waals surface area contributed by atoms with Gasteiger partial charge in [-0.05, 0) is 36.2 Å². The van der Waals surface area contributed by atoms with Gasteiger partial charge < -0.3 is 11.1 Å². The first-order chi connectivity index (χ1) is 9.22. The van der Waals surface area contributed by atoms with Gasteiger partial charge in [0.15, 0.2) is 0 Å². The van der Waals surface area contributed by atoms with Gasteiger partial charge in [0.2, 0.25) is 0 Å². The number of hydrogen-bond donors (Lipinski definition) is 2. The quantitative estimate of drug-likeness (QED) is 0.881. The third-order valence-electron chi connectivity index (χ3n) is 3.08. The van der Waals surface area contributed by atoms with Crippen molar-refractivity contribution in [2.75, 3.05) is 12.3 Å². The first-order valence-corrected chi connectivity index (χ1v) is 6.77. The largest absolute Gasteiger partial charge is 0.383 e. The van der Waals surface area contributed by atoms with Crippen LogP contribution in [-0.4, -0.2) is 11.5 Å². The molecule has 4 heteroatoms. The van der Waals surface area contributed by atoms with E-state index in [9.17, 15) is 0 Å². The number of pyridine rings is 1. The first kappa shape index (κ1) is 13.8. The van der Waals surface area contributed by atoms with Crippen molar-refractivity contribution in [3.8, 4) is 0 Å². The van der Waals surface area contributed by atoms with E-state index >= 15 is 0 Å². The Labute approximate surface area is 118 Å². The van der Waals surface area contributed by atoms with Crippen LogP contribution in [0.4, 0.5) is 5.82 Å². The van der Waals surface area contributed by atoms with Gasteiger partial charge in [0.25, 0.3) is 0 Å². The predicted octanol–water partition coefficient (Wildman–Crippen LogP) is 3.21. The van der Waals surface area contributed by atoms with Crippen LogP contribution in [0.1, 0.15) is 24.1 Å². The monoisotopic (exact) mass is 275 g/mol. The molecule has 2 aromatic rings. The van der Waals surface area contributed by atoms with Crippen molar-refractivity contribution >= 4 is 17.4 Å². The summed E-state index contributed by atoms with van der Waals surface area (Å²) in [4.78, 5) is 4.13. The zero-order valence-corrected chi connectivity index (χ0v) is 11.7. The van der Waals surface area contributed by atoms with Crippen LogP contribution in [0.5, 0.6) is 0 Å². The fraction of sp³-hybridized carbons (Fsp3) is 0.267. The van der Waals surface area contributed by atoms with E-state index in [-0.39, 0.29) is 6.04 Å². The average Bonchev–Trinajstić information content (AvgIpc) is 2.41. The molecule has 0 bridgehead atoms. The molecule has 0 amide bonds. The molecule has 0 fully saturated rings. The maximum atomic E-state index is 6.27. The molecule has 0 saturated heterocycles. The Bertz CT molecular complexity index is 542. The van der Waals surface area contributed by atoms with Crippen LogP contribution in [0.25, 0.3) is 0 Å². The molecule has 1 atom stereocenters. The summed E-state index contributed by atoms with van der Waals surface area (Å²) in [5.41, 5.74) is 8.04. The van der Waals surface area contributed by atoms with Gasteiger partial charge in [-0.1, -0.05) is 42.8 Å². The fourth-order valence-corrected chi connectivity index (χ4v) is 2.41. The molecular weight excluding hydrogens is 258 g/mol. The van der Waals surface area contributed by atoms with Gasteiger partial charge >= 0.3 is 0 Å². The van der Waals surface area contributed by atoms with Gasteiger partial charge in [-0.15, -0.1) is 0 Å². The standard InChI is InChI=1S/C15H18ClN3/c1-2-18-14(12-7-3-4-8-13(12)16)10-11-6-5-9-19-15(11)17/h3-9,14,18H,2,10H2,1H3,(H2,17,19). The highest BCUT2D eigenvalue weighted by molar-refractivity contribution is 6.31. The number of likely N-dealkylation sites (N-methyl/N-ethyl adjacent to an activating group) is 1. The molecule has 100 valence electrons. The molecule has 1 aromatic carbocycles. The van der Waals surface area contributed by atoms with Crippen LogP contribution in [0.15, 0.2) is 42.6 Å². The van der Waals surface area contributed by atoms with E-state index in [1.807, 2.05) is 36.4 Å². The summed E-state index contributed by atoms with van der Waals surface area (Å²) in [5, 5.41) is 4.22. The van der Waals surface area contributed by atoms with Crippen molar-refractivity contribution in [2.24, 2.45) is 0 Å². The highest BCUT2D eigenvalue weighted by atomic mass is 35.5. The molecule has 2 rings (SSSR count). The molecule has 0 saturated carbocycles. The lowest BCUT2D eigenvalue weighted by Crippen LogP contribution is -2.23. The predicted molar refractivity (Wildman–Crippen MR) is 80.2 cm³/mol. The molecule has 0 aliphatic rings. The Kier molecular flexibility index (Phi) is 4.77. The second-order valence-corrected chi connectivity index (χ2v) is 4.79. The maximum absolute atomic E-state index is 6.27. The Morgan fingerprint density at radius 1 is 1.26 bits per heavy atom. The Morgan fingerprint density at radius 2 is 2.05 bits per heavy atom. The summed E-state index contributed by atoms with van der Waals surface area (Å²) in [7, 11) is 0. The SMILES string of the molecule is CCNC(Cc1cccnc1N)c1ccccc1Cl. The summed E-state index contributed by atoms with van der Waals surface area (Å²) < 4.78 is 0. The number of nitrogen functional groups attached to an aromatic ring is 1. The van der Waals surface area contributed by atoms with Crippen LogP contribution in [-0.2, 0) is 6.42 Å². The number of nitrogens with one attached hydrogen (secondary N) is 1. The number of nitrogens with zero attached hydrogens (tertiary/aromatic N) is 1. The third-order valence-corrected chi connectivity index (χ3v) is 3.43. The van der Waals surface area contributed by atoms with Crippen LogP contribution >= 0.6 is 11.6 Å². The number of benzene rings is 1. The highest BCUT2D eigenvalue weighted by Gasteiger charge is 2.15. The molecule has 0 radical (unpaired) electrons. The average molecular weight is 276 g/mol. The van der Waals surface area contributed by atoms with Gasteiger partial charge in [-0.3, -0.25) is 0 Å². The molecule has 1 aromatic heterocycles. The second-order valence-electron chi connectivity index (χ2n) is 4.38.